The fourth-order valence-corrected chi connectivity index (χ4v) is 2.22. The van der Waals surface area contributed by atoms with Gasteiger partial charge in [0.2, 0.25) is 0 Å². The Morgan fingerprint density at radius 3 is 2.05 bits per heavy atom. The van der Waals surface area contributed by atoms with Crippen LogP contribution in [0.15, 0.2) is 36.4 Å². The summed E-state index contributed by atoms with van der Waals surface area (Å²) in [6, 6.07) is 10.5. The molecule has 0 aliphatic carbocycles. The highest BCUT2D eigenvalue weighted by Gasteiger charge is 2.10. The van der Waals surface area contributed by atoms with Gasteiger partial charge in [-0.3, -0.25) is 0 Å². The molecule has 0 radical (unpaired) electrons. The SMILES string of the molecule is CCCCCOC(=O)c1ccc2cc(C(=O)OC)ccc2c1. The molecule has 2 aromatic rings. The molecular formula is C18H20O4. The normalized spacial score (nSPS) is 10.5. The van der Waals surface area contributed by atoms with Crippen LogP contribution in [-0.4, -0.2) is 25.7 Å². The maximum Gasteiger partial charge on any atom is 0.338 e. The van der Waals surface area contributed by atoms with E-state index in [0.29, 0.717) is 17.7 Å². The van der Waals surface area contributed by atoms with Gasteiger partial charge in [0, 0.05) is 0 Å². The maximum atomic E-state index is 12.0. The number of hydrogen-bond donors (Lipinski definition) is 0. The number of carbonyl (C=O) groups excluding carboxylic acids is 2. The summed E-state index contributed by atoms with van der Waals surface area (Å²) in [5, 5.41) is 1.76. The summed E-state index contributed by atoms with van der Waals surface area (Å²) < 4.78 is 9.94. The van der Waals surface area contributed by atoms with Gasteiger partial charge in [-0.25, -0.2) is 9.59 Å². The number of unbranched alkanes of at least 4 members (excludes halogenated alkanes) is 2. The summed E-state index contributed by atoms with van der Waals surface area (Å²) in [6.07, 6.45) is 3.04. The average Bonchev–Trinajstić information content (AvgIpc) is 2.56. The Balaban J connectivity index is 2.13. The maximum absolute atomic E-state index is 12.0. The zero-order chi connectivity index (χ0) is 15.9. The number of esters is 2. The molecule has 2 rings (SSSR count). The van der Waals surface area contributed by atoms with Crippen LogP contribution in [0.4, 0.5) is 0 Å². The first-order valence-corrected chi connectivity index (χ1v) is 7.45. The molecule has 0 N–H and O–H groups in total. The number of fused-ring (bicyclic) bond motifs is 1. The van der Waals surface area contributed by atoms with E-state index in [1.807, 2.05) is 6.07 Å². The van der Waals surface area contributed by atoms with E-state index >= 15 is 0 Å². The van der Waals surface area contributed by atoms with Gasteiger partial charge >= 0.3 is 11.9 Å². The minimum atomic E-state index is -0.374. The van der Waals surface area contributed by atoms with Gasteiger partial charge < -0.3 is 9.47 Å². The number of ether oxygens (including phenoxy) is 2. The van der Waals surface area contributed by atoms with Gasteiger partial charge in [-0.05, 0) is 41.5 Å². The number of rotatable bonds is 6. The van der Waals surface area contributed by atoms with Crippen molar-refractivity contribution in [2.45, 2.75) is 26.2 Å². The molecule has 0 unspecified atom stereocenters. The minimum absolute atomic E-state index is 0.310. The van der Waals surface area contributed by atoms with Gasteiger partial charge in [0.1, 0.15) is 0 Å². The molecule has 0 saturated carbocycles. The molecule has 0 fully saturated rings. The van der Waals surface area contributed by atoms with Crippen molar-refractivity contribution < 1.29 is 19.1 Å². The molecule has 0 aliphatic rings. The average molecular weight is 300 g/mol. The van der Waals surface area contributed by atoms with Gasteiger partial charge in [-0.2, -0.15) is 0 Å². The smallest absolute Gasteiger partial charge is 0.338 e. The molecule has 0 bridgehead atoms. The van der Waals surface area contributed by atoms with Gasteiger partial charge in [0.05, 0.1) is 24.8 Å². The molecule has 2 aromatic carbocycles. The Morgan fingerprint density at radius 1 is 0.909 bits per heavy atom. The van der Waals surface area contributed by atoms with Gasteiger partial charge in [-0.1, -0.05) is 31.9 Å². The second kappa shape index (κ2) is 7.59. The standard InChI is InChI=1S/C18H20O4/c1-3-4-5-10-22-18(20)16-9-7-13-11-15(17(19)21-2)8-6-14(13)12-16/h6-9,11-12H,3-5,10H2,1-2H3. The largest absolute Gasteiger partial charge is 0.465 e. The second-order valence-electron chi connectivity index (χ2n) is 5.11. The molecule has 0 amide bonds. The van der Waals surface area contributed by atoms with Crippen LogP contribution in [-0.2, 0) is 9.47 Å². The van der Waals surface area contributed by atoms with Crippen LogP contribution in [0, 0.1) is 0 Å². The van der Waals surface area contributed by atoms with Crippen LogP contribution in [0.2, 0.25) is 0 Å². The van der Waals surface area contributed by atoms with Crippen LogP contribution in [0.3, 0.4) is 0 Å². The third-order valence-electron chi connectivity index (χ3n) is 3.48. The fourth-order valence-electron chi connectivity index (χ4n) is 2.22. The lowest BCUT2D eigenvalue weighted by atomic mass is 10.0. The van der Waals surface area contributed by atoms with Crippen molar-refractivity contribution in [3.05, 3.63) is 47.5 Å². The van der Waals surface area contributed by atoms with Crippen molar-refractivity contribution >= 4 is 22.7 Å². The lowest BCUT2D eigenvalue weighted by Gasteiger charge is -2.06. The van der Waals surface area contributed by atoms with Crippen LogP contribution < -0.4 is 0 Å². The third-order valence-corrected chi connectivity index (χ3v) is 3.48. The van der Waals surface area contributed by atoms with Crippen molar-refractivity contribution in [3.8, 4) is 0 Å². The van der Waals surface area contributed by atoms with E-state index in [2.05, 4.69) is 6.92 Å². The molecule has 0 aromatic heterocycles. The summed E-state index contributed by atoms with van der Waals surface area (Å²) in [7, 11) is 1.35. The van der Waals surface area contributed by atoms with Gasteiger partial charge in [-0.15, -0.1) is 0 Å². The Morgan fingerprint density at radius 2 is 1.50 bits per heavy atom. The number of methoxy groups -OCH3 is 1. The first kappa shape index (κ1) is 16.0. The third kappa shape index (κ3) is 3.85. The van der Waals surface area contributed by atoms with E-state index in [-0.39, 0.29) is 11.9 Å². The van der Waals surface area contributed by atoms with Crippen molar-refractivity contribution in [2.75, 3.05) is 13.7 Å². The summed E-state index contributed by atoms with van der Waals surface area (Å²) in [6.45, 7) is 2.56. The number of hydrogen-bond acceptors (Lipinski definition) is 4. The molecule has 0 spiro atoms. The Labute approximate surface area is 130 Å². The Hall–Kier alpha value is -2.36. The van der Waals surface area contributed by atoms with E-state index < -0.39 is 0 Å². The predicted octanol–water partition coefficient (Wildman–Crippen LogP) is 3.97. The summed E-state index contributed by atoms with van der Waals surface area (Å²) >= 11 is 0. The Bertz CT molecular complexity index is 676. The van der Waals surface area contributed by atoms with Crippen LogP contribution in [0.1, 0.15) is 46.9 Å². The lowest BCUT2D eigenvalue weighted by molar-refractivity contribution is 0.0497. The number of benzene rings is 2. The highest BCUT2D eigenvalue weighted by atomic mass is 16.5. The summed E-state index contributed by atoms with van der Waals surface area (Å²) in [5.41, 5.74) is 1.01. The van der Waals surface area contributed by atoms with E-state index in [1.54, 1.807) is 30.3 Å². The first-order chi connectivity index (χ1) is 10.7. The highest BCUT2D eigenvalue weighted by molar-refractivity contribution is 5.98. The van der Waals surface area contributed by atoms with Crippen LogP contribution in [0.5, 0.6) is 0 Å². The van der Waals surface area contributed by atoms with Gasteiger partial charge in [0.15, 0.2) is 0 Å². The summed E-state index contributed by atoms with van der Waals surface area (Å²) in [5.74, 6) is -0.684. The Kier molecular flexibility index (Phi) is 5.53. The molecule has 22 heavy (non-hydrogen) atoms. The highest BCUT2D eigenvalue weighted by Crippen LogP contribution is 2.19. The molecule has 116 valence electrons. The van der Waals surface area contributed by atoms with Gasteiger partial charge in [0.25, 0.3) is 0 Å². The molecule has 0 heterocycles. The molecular weight excluding hydrogens is 280 g/mol. The topological polar surface area (TPSA) is 52.6 Å². The zero-order valence-corrected chi connectivity index (χ0v) is 12.9. The fraction of sp³-hybridized carbons (Fsp3) is 0.333. The predicted molar refractivity (Wildman–Crippen MR) is 85.1 cm³/mol. The molecule has 0 atom stereocenters. The molecule has 4 nitrogen and oxygen atoms in total. The lowest BCUT2D eigenvalue weighted by Crippen LogP contribution is -2.06. The van der Waals surface area contributed by atoms with Crippen molar-refractivity contribution in [3.63, 3.8) is 0 Å². The molecule has 0 saturated heterocycles. The van der Waals surface area contributed by atoms with E-state index in [9.17, 15) is 9.59 Å². The minimum Gasteiger partial charge on any atom is -0.465 e. The van der Waals surface area contributed by atoms with Crippen LogP contribution >= 0.6 is 0 Å². The van der Waals surface area contributed by atoms with E-state index in [1.165, 1.54) is 7.11 Å². The zero-order valence-electron chi connectivity index (χ0n) is 12.9. The van der Waals surface area contributed by atoms with Crippen molar-refractivity contribution in [1.29, 1.82) is 0 Å². The van der Waals surface area contributed by atoms with E-state index in [0.717, 1.165) is 30.0 Å². The number of carbonyl (C=O) groups is 2. The quantitative estimate of drug-likeness (QED) is 0.598. The summed E-state index contributed by atoms with van der Waals surface area (Å²) in [4.78, 5) is 23.5. The van der Waals surface area contributed by atoms with E-state index in [4.69, 9.17) is 9.47 Å². The van der Waals surface area contributed by atoms with Crippen molar-refractivity contribution in [2.24, 2.45) is 0 Å². The monoisotopic (exact) mass is 300 g/mol. The molecule has 4 heteroatoms. The molecule has 0 aliphatic heterocycles. The van der Waals surface area contributed by atoms with Crippen molar-refractivity contribution in [1.82, 2.24) is 0 Å². The van der Waals surface area contributed by atoms with Crippen LogP contribution in [0.25, 0.3) is 10.8 Å². The first-order valence-electron chi connectivity index (χ1n) is 7.45. The second-order valence-corrected chi connectivity index (χ2v) is 5.11.